The third kappa shape index (κ3) is 2.55. The summed E-state index contributed by atoms with van der Waals surface area (Å²) >= 11 is 5.19. The Labute approximate surface area is 104 Å². The van der Waals surface area contributed by atoms with Crippen molar-refractivity contribution < 1.29 is 4.39 Å². The Bertz CT molecular complexity index is 580. The Morgan fingerprint density at radius 1 is 1.41 bits per heavy atom. The minimum absolute atomic E-state index is 0.360. The third-order valence-electron chi connectivity index (χ3n) is 2.44. The summed E-state index contributed by atoms with van der Waals surface area (Å²) in [5, 5.41) is 0. The molecule has 3 nitrogen and oxygen atoms in total. The van der Waals surface area contributed by atoms with Crippen LogP contribution in [0.2, 0.25) is 0 Å². The number of pyridine rings is 1. The molecule has 17 heavy (non-hydrogen) atoms. The Morgan fingerprint density at radius 2 is 2.24 bits per heavy atom. The average molecular weight is 249 g/mol. The number of hydrogen-bond donors (Lipinski definition) is 1. The molecule has 0 spiro atoms. The summed E-state index contributed by atoms with van der Waals surface area (Å²) in [6.07, 6.45) is 6.09. The van der Waals surface area contributed by atoms with E-state index in [1.807, 2.05) is 0 Å². The molecular formula is C12H12FN3S. The van der Waals surface area contributed by atoms with E-state index in [2.05, 4.69) is 21.9 Å². The van der Waals surface area contributed by atoms with E-state index in [4.69, 9.17) is 12.2 Å². The number of aromatic amines is 1. The van der Waals surface area contributed by atoms with Crippen LogP contribution in [0.5, 0.6) is 0 Å². The summed E-state index contributed by atoms with van der Waals surface area (Å²) in [5.74, 6) is -0.360. The highest BCUT2D eigenvalue weighted by Crippen LogP contribution is 2.22. The van der Waals surface area contributed by atoms with Crippen molar-refractivity contribution in [1.82, 2.24) is 15.0 Å². The van der Waals surface area contributed by atoms with Gasteiger partial charge in [0.25, 0.3) is 0 Å². The van der Waals surface area contributed by atoms with Crippen LogP contribution in [0, 0.1) is 10.5 Å². The minimum Gasteiger partial charge on any atom is -0.345 e. The van der Waals surface area contributed by atoms with E-state index in [0.29, 0.717) is 10.2 Å². The molecule has 0 atom stereocenters. The molecule has 1 N–H and O–H groups in total. The Hall–Kier alpha value is -1.62. The van der Waals surface area contributed by atoms with E-state index < -0.39 is 0 Å². The fraction of sp³-hybridized carbons (Fsp3) is 0.250. The summed E-state index contributed by atoms with van der Waals surface area (Å²) in [5.41, 5.74) is 2.44. The molecular weight excluding hydrogens is 237 g/mol. The first kappa shape index (κ1) is 11.9. The molecule has 2 aromatic rings. The predicted molar refractivity (Wildman–Crippen MR) is 66.6 cm³/mol. The number of hydrogen-bond acceptors (Lipinski definition) is 3. The smallest absolute Gasteiger partial charge is 0.142 e. The molecule has 88 valence electrons. The molecule has 0 aliphatic heterocycles. The Kier molecular flexibility index (Phi) is 3.58. The van der Waals surface area contributed by atoms with Gasteiger partial charge in [-0.2, -0.15) is 0 Å². The molecule has 0 aliphatic carbocycles. The van der Waals surface area contributed by atoms with E-state index in [1.165, 1.54) is 18.6 Å². The van der Waals surface area contributed by atoms with Gasteiger partial charge in [-0.3, -0.25) is 4.98 Å². The molecule has 0 bridgehead atoms. The van der Waals surface area contributed by atoms with Crippen molar-refractivity contribution in [2.75, 3.05) is 0 Å². The maximum atomic E-state index is 13.2. The monoisotopic (exact) mass is 249 g/mol. The van der Waals surface area contributed by atoms with Crippen molar-refractivity contribution in [3.8, 4) is 11.3 Å². The van der Waals surface area contributed by atoms with E-state index in [9.17, 15) is 4.39 Å². The fourth-order valence-corrected chi connectivity index (χ4v) is 1.97. The molecule has 2 aromatic heterocycles. The summed E-state index contributed by atoms with van der Waals surface area (Å²) in [6, 6.07) is 1.44. The van der Waals surface area contributed by atoms with E-state index in [1.54, 1.807) is 6.20 Å². The summed E-state index contributed by atoms with van der Waals surface area (Å²) < 4.78 is 13.7. The first-order valence-electron chi connectivity index (χ1n) is 5.40. The molecule has 0 aromatic carbocycles. The van der Waals surface area contributed by atoms with E-state index >= 15 is 0 Å². The van der Waals surface area contributed by atoms with Gasteiger partial charge in [0.15, 0.2) is 0 Å². The molecule has 2 heterocycles. The molecule has 2 rings (SSSR count). The molecule has 0 aliphatic rings. The second-order valence-electron chi connectivity index (χ2n) is 3.70. The fourth-order valence-electron chi connectivity index (χ4n) is 1.72. The van der Waals surface area contributed by atoms with E-state index in [0.717, 1.165) is 24.1 Å². The summed E-state index contributed by atoms with van der Waals surface area (Å²) in [7, 11) is 0. The van der Waals surface area contributed by atoms with Gasteiger partial charge in [0.1, 0.15) is 10.5 Å². The topological polar surface area (TPSA) is 41.6 Å². The highest BCUT2D eigenvalue weighted by Gasteiger charge is 2.08. The first-order chi connectivity index (χ1) is 8.22. The Balaban J connectivity index is 2.59. The second-order valence-corrected chi connectivity index (χ2v) is 4.09. The third-order valence-corrected chi connectivity index (χ3v) is 2.80. The van der Waals surface area contributed by atoms with Crippen LogP contribution in [0.15, 0.2) is 24.8 Å². The van der Waals surface area contributed by atoms with Crippen molar-refractivity contribution in [2.24, 2.45) is 0 Å². The minimum atomic E-state index is -0.360. The number of halogens is 1. The molecule has 0 fully saturated rings. The van der Waals surface area contributed by atoms with Crippen molar-refractivity contribution >= 4 is 12.2 Å². The molecule has 0 unspecified atom stereocenters. The number of nitrogens with zero attached hydrogens (tertiary/aromatic N) is 2. The maximum absolute atomic E-state index is 13.2. The van der Waals surface area contributed by atoms with Crippen LogP contribution >= 0.6 is 12.2 Å². The van der Waals surface area contributed by atoms with Gasteiger partial charge >= 0.3 is 0 Å². The van der Waals surface area contributed by atoms with Crippen LogP contribution in [-0.2, 0) is 6.42 Å². The SMILES string of the molecule is CCCc1c(-c2cncc(F)c2)[nH]cnc1=S. The van der Waals surface area contributed by atoms with Gasteiger partial charge in [0.05, 0.1) is 18.2 Å². The second kappa shape index (κ2) is 5.14. The standard InChI is InChI=1S/C12H12FN3S/c1-2-3-10-11(15-7-16-12(10)17)8-4-9(13)6-14-5-8/h4-7H,2-3H2,1H3,(H,15,16,17). The van der Waals surface area contributed by atoms with Crippen LogP contribution in [-0.4, -0.2) is 15.0 Å². The zero-order valence-corrected chi connectivity index (χ0v) is 10.2. The lowest BCUT2D eigenvalue weighted by atomic mass is 10.1. The number of H-pyrrole nitrogens is 1. The van der Waals surface area contributed by atoms with Gasteiger partial charge in [0, 0.05) is 17.3 Å². The average Bonchev–Trinajstić information content (AvgIpc) is 2.32. The number of nitrogens with one attached hydrogen (secondary N) is 1. The number of aromatic nitrogens is 3. The molecule has 0 amide bonds. The van der Waals surface area contributed by atoms with Gasteiger partial charge in [-0.15, -0.1) is 0 Å². The van der Waals surface area contributed by atoms with Gasteiger partial charge in [-0.25, -0.2) is 9.37 Å². The molecule has 0 saturated carbocycles. The van der Waals surface area contributed by atoms with Gasteiger partial charge in [-0.05, 0) is 12.5 Å². The van der Waals surface area contributed by atoms with Gasteiger partial charge in [-0.1, -0.05) is 25.6 Å². The van der Waals surface area contributed by atoms with Gasteiger partial charge < -0.3 is 4.98 Å². The zero-order valence-electron chi connectivity index (χ0n) is 9.40. The van der Waals surface area contributed by atoms with E-state index in [-0.39, 0.29) is 5.82 Å². The highest BCUT2D eigenvalue weighted by molar-refractivity contribution is 7.71. The first-order valence-corrected chi connectivity index (χ1v) is 5.80. The largest absolute Gasteiger partial charge is 0.345 e. The molecule has 0 radical (unpaired) electrons. The quantitative estimate of drug-likeness (QED) is 0.849. The predicted octanol–water partition coefficient (Wildman–Crippen LogP) is 3.29. The van der Waals surface area contributed by atoms with Crippen molar-refractivity contribution in [3.05, 3.63) is 40.8 Å². The van der Waals surface area contributed by atoms with Crippen molar-refractivity contribution in [1.29, 1.82) is 0 Å². The normalized spacial score (nSPS) is 10.5. The Morgan fingerprint density at radius 3 is 2.94 bits per heavy atom. The molecule has 0 saturated heterocycles. The van der Waals surface area contributed by atoms with Crippen molar-refractivity contribution in [3.63, 3.8) is 0 Å². The van der Waals surface area contributed by atoms with Crippen LogP contribution in [0.1, 0.15) is 18.9 Å². The summed E-state index contributed by atoms with van der Waals surface area (Å²) in [6.45, 7) is 2.06. The maximum Gasteiger partial charge on any atom is 0.142 e. The van der Waals surface area contributed by atoms with Crippen LogP contribution < -0.4 is 0 Å². The lowest BCUT2D eigenvalue weighted by Gasteiger charge is -2.08. The number of rotatable bonds is 3. The van der Waals surface area contributed by atoms with Crippen molar-refractivity contribution in [2.45, 2.75) is 19.8 Å². The lowest BCUT2D eigenvalue weighted by Crippen LogP contribution is -1.97. The molecule has 5 heteroatoms. The lowest BCUT2D eigenvalue weighted by molar-refractivity contribution is 0.622. The van der Waals surface area contributed by atoms with Gasteiger partial charge in [0.2, 0.25) is 0 Å². The van der Waals surface area contributed by atoms with Crippen LogP contribution in [0.3, 0.4) is 0 Å². The zero-order chi connectivity index (χ0) is 12.3. The summed E-state index contributed by atoms with van der Waals surface area (Å²) in [4.78, 5) is 10.9. The highest BCUT2D eigenvalue weighted by atomic mass is 32.1. The van der Waals surface area contributed by atoms with Crippen LogP contribution in [0.4, 0.5) is 4.39 Å². The van der Waals surface area contributed by atoms with Crippen LogP contribution in [0.25, 0.3) is 11.3 Å².